The van der Waals surface area contributed by atoms with Crippen molar-refractivity contribution in [1.82, 2.24) is 4.90 Å². The molecule has 20 heavy (non-hydrogen) atoms. The lowest BCUT2D eigenvalue weighted by atomic mass is 10.1. The molecular formula is C14H21N3O3. The maximum atomic E-state index is 11.1. The van der Waals surface area contributed by atoms with Crippen LogP contribution in [-0.2, 0) is 4.74 Å². The zero-order chi connectivity index (χ0) is 14.7. The number of ether oxygens (including phenoxy) is 1. The third-order valence-electron chi connectivity index (χ3n) is 3.59. The van der Waals surface area contributed by atoms with Gasteiger partial charge in [-0.1, -0.05) is 6.07 Å². The predicted molar refractivity (Wildman–Crippen MR) is 78.2 cm³/mol. The molecule has 0 aromatic heterocycles. The normalized spacial score (nSPS) is 21.4. The molecule has 1 aliphatic heterocycles. The van der Waals surface area contributed by atoms with Crippen LogP contribution in [0.15, 0.2) is 18.2 Å². The summed E-state index contributed by atoms with van der Waals surface area (Å²) in [5, 5.41) is 14.3. The van der Waals surface area contributed by atoms with E-state index in [1.165, 1.54) is 0 Å². The van der Waals surface area contributed by atoms with Gasteiger partial charge in [0.15, 0.2) is 0 Å². The zero-order valence-electron chi connectivity index (χ0n) is 12.1. The highest BCUT2D eigenvalue weighted by molar-refractivity contribution is 5.63. The minimum atomic E-state index is -0.351. The Morgan fingerprint density at radius 3 is 2.95 bits per heavy atom. The summed E-state index contributed by atoms with van der Waals surface area (Å²) in [6.45, 7) is 6.29. The van der Waals surface area contributed by atoms with Gasteiger partial charge in [0, 0.05) is 19.2 Å². The molecule has 110 valence electrons. The molecular weight excluding hydrogens is 258 g/mol. The first-order valence-electron chi connectivity index (χ1n) is 6.79. The third-order valence-corrected chi connectivity index (χ3v) is 3.59. The quantitative estimate of drug-likeness (QED) is 0.674. The average molecular weight is 279 g/mol. The van der Waals surface area contributed by atoms with Gasteiger partial charge in [0.2, 0.25) is 0 Å². The molecule has 1 N–H and O–H groups in total. The molecule has 6 nitrogen and oxygen atoms in total. The van der Waals surface area contributed by atoms with Crippen LogP contribution in [0.2, 0.25) is 0 Å². The summed E-state index contributed by atoms with van der Waals surface area (Å²) in [5.41, 5.74) is 1.54. The van der Waals surface area contributed by atoms with Gasteiger partial charge < -0.3 is 15.0 Å². The SMILES string of the molecule is Cc1ccc(NC(C)C2CN(C)CCO2)c([N+](=O)[O-])c1. The first-order valence-corrected chi connectivity index (χ1v) is 6.79. The molecule has 0 bridgehead atoms. The molecule has 1 heterocycles. The van der Waals surface area contributed by atoms with E-state index < -0.39 is 0 Å². The van der Waals surface area contributed by atoms with Gasteiger partial charge >= 0.3 is 0 Å². The Balaban J connectivity index is 2.11. The van der Waals surface area contributed by atoms with E-state index in [0.717, 1.165) is 18.7 Å². The Kier molecular flexibility index (Phi) is 4.57. The molecule has 0 saturated carbocycles. The number of nitro groups is 1. The summed E-state index contributed by atoms with van der Waals surface area (Å²) < 4.78 is 5.73. The molecule has 0 spiro atoms. The van der Waals surface area contributed by atoms with Crippen molar-refractivity contribution in [3.8, 4) is 0 Å². The van der Waals surface area contributed by atoms with Crippen LogP contribution < -0.4 is 5.32 Å². The van der Waals surface area contributed by atoms with E-state index in [9.17, 15) is 10.1 Å². The Hall–Kier alpha value is -1.66. The molecule has 1 saturated heterocycles. The molecule has 2 atom stereocenters. The number of nitrogens with zero attached hydrogens (tertiary/aromatic N) is 2. The number of likely N-dealkylation sites (N-methyl/N-ethyl adjacent to an activating group) is 1. The van der Waals surface area contributed by atoms with Crippen molar-refractivity contribution in [2.45, 2.75) is 26.0 Å². The molecule has 1 fully saturated rings. The summed E-state index contributed by atoms with van der Waals surface area (Å²) >= 11 is 0. The molecule has 0 aliphatic carbocycles. The second-order valence-electron chi connectivity index (χ2n) is 5.38. The van der Waals surface area contributed by atoms with Crippen LogP contribution in [0, 0.1) is 17.0 Å². The van der Waals surface area contributed by atoms with Gasteiger partial charge in [-0.3, -0.25) is 10.1 Å². The van der Waals surface area contributed by atoms with Gasteiger partial charge in [0.1, 0.15) is 5.69 Å². The highest BCUT2D eigenvalue weighted by Gasteiger charge is 2.25. The minimum Gasteiger partial charge on any atom is -0.374 e. The third kappa shape index (κ3) is 3.46. The van der Waals surface area contributed by atoms with E-state index in [1.54, 1.807) is 12.1 Å². The van der Waals surface area contributed by atoms with Gasteiger partial charge in [0.25, 0.3) is 5.69 Å². The van der Waals surface area contributed by atoms with Crippen LogP contribution in [0.25, 0.3) is 0 Å². The van der Waals surface area contributed by atoms with Crippen LogP contribution in [0.5, 0.6) is 0 Å². The number of hydrogen-bond donors (Lipinski definition) is 1. The largest absolute Gasteiger partial charge is 0.374 e. The van der Waals surface area contributed by atoms with Crippen molar-refractivity contribution in [3.05, 3.63) is 33.9 Å². The first-order chi connectivity index (χ1) is 9.47. The molecule has 1 aromatic carbocycles. The zero-order valence-corrected chi connectivity index (χ0v) is 12.1. The van der Waals surface area contributed by atoms with Gasteiger partial charge in [-0.05, 0) is 32.5 Å². The number of hydrogen-bond acceptors (Lipinski definition) is 5. The van der Waals surface area contributed by atoms with E-state index in [0.29, 0.717) is 12.3 Å². The second kappa shape index (κ2) is 6.19. The number of benzene rings is 1. The summed E-state index contributed by atoms with van der Waals surface area (Å²) in [4.78, 5) is 13.0. The summed E-state index contributed by atoms with van der Waals surface area (Å²) in [6, 6.07) is 5.23. The van der Waals surface area contributed by atoms with Crippen LogP contribution in [0.1, 0.15) is 12.5 Å². The lowest BCUT2D eigenvalue weighted by Crippen LogP contribution is -2.47. The van der Waals surface area contributed by atoms with Crippen molar-refractivity contribution < 1.29 is 9.66 Å². The number of aryl methyl sites for hydroxylation is 1. The van der Waals surface area contributed by atoms with E-state index >= 15 is 0 Å². The number of anilines is 1. The molecule has 1 aliphatic rings. The van der Waals surface area contributed by atoms with Gasteiger partial charge in [-0.25, -0.2) is 0 Å². The van der Waals surface area contributed by atoms with Crippen molar-refractivity contribution >= 4 is 11.4 Å². The standard InChI is InChI=1S/C14H21N3O3/c1-10-4-5-12(13(8-10)17(18)19)15-11(2)14-9-16(3)6-7-20-14/h4-5,8,11,14-15H,6-7,9H2,1-3H3. The number of nitrogens with one attached hydrogen (secondary N) is 1. The van der Waals surface area contributed by atoms with Crippen LogP contribution in [0.3, 0.4) is 0 Å². The van der Waals surface area contributed by atoms with Crippen LogP contribution in [-0.4, -0.2) is 48.7 Å². The summed E-state index contributed by atoms with van der Waals surface area (Å²) in [6.07, 6.45) is 0.0367. The van der Waals surface area contributed by atoms with E-state index in [1.807, 2.05) is 19.9 Å². The summed E-state index contributed by atoms with van der Waals surface area (Å²) in [5.74, 6) is 0. The molecule has 0 radical (unpaired) electrons. The van der Waals surface area contributed by atoms with E-state index in [-0.39, 0.29) is 22.8 Å². The maximum absolute atomic E-state index is 11.1. The van der Waals surface area contributed by atoms with Crippen molar-refractivity contribution in [2.24, 2.45) is 0 Å². The maximum Gasteiger partial charge on any atom is 0.292 e. The molecule has 2 rings (SSSR count). The van der Waals surface area contributed by atoms with Crippen LogP contribution >= 0.6 is 0 Å². The van der Waals surface area contributed by atoms with Crippen molar-refractivity contribution in [1.29, 1.82) is 0 Å². The van der Waals surface area contributed by atoms with Gasteiger partial charge in [-0.15, -0.1) is 0 Å². The van der Waals surface area contributed by atoms with Crippen molar-refractivity contribution in [2.75, 3.05) is 32.1 Å². The molecule has 1 aromatic rings. The average Bonchev–Trinajstić information content (AvgIpc) is 2.40. The Bertz CT molecular complexity index is 493. The Labute approximate surface area is 118 Å². The topological polar surface area (TPSA) is 67.6 Å². The minimum absolute atomic E-state index is 0.0131. The van der Waals surface area contributed by atoms with Crippen molar-refractivity contribution in [3.63, 3.8) is 0 Å². The molecule has 0 amide bonds. The second-order valence-corrected chi connectivity index (χ2v) is 5.38. The van der Waals surface area contributed by atoms with E-state index in [4.69, 9.17) is 4.74 Å². The number of nitro benzene ring substituents is 1. The Morgan fingerprint density at radius 1 is 1.55 bits per heavy atom. The molecule has 2 unspecified atom stereocenters. The monoisotopic (exact) mass is 279 g/mol. The number of rotatable bonds is 4. The lowest BCUT2D eigenvalue weighted by molar-refractivity contribution is -0.384. The molecule has 6 heteroatoms. The van der Waals surface area contributed by atoms with Crippen LogP contribution in [0.4, 0.5) is 11.4 Å². The lowest BCUT2D eigenvalue weighted by Gasteiger charge is -2.34. The van der Waals surface area contributed by atoms with E-state index in [2.05, 4.69) is 17.3 Å². The first kappa shape index (κ1) is 14.7. The van der Waals surface area contributed by atoms with Gasteiger partial charge in [-0.2, -0.15) is 0 Å². The van der Waals surface area contributed by atoms with Gasteiger partial charge in [0.05, 0.1) is 23.7 Å². The highest BCUT2D eigenvalue weighted by Crippen LogP contribution is 2.26. The fraction of sp³-hybridized carbons (Fsp3) is 0.571. The Morgan fingerprint density at radius 2 is 2.30 bits per heavy atom. The fourth-order valence-corrected chi connectivity index (χ4v) is 2.37. The highest BCUT2D eigenvalue weighted by atomic mass is 16.6. The predicted octanol–water partition coefficient (Wildman–Crippen LogP) is 2.03. The smallest absolute Gasteiger partial charge is 0.292 e. The fourth-order valence-electron chi connectivity index (χ4n) is 2.37. The number of morpholine rings is 1. The summed E-state index contributed by atoms with van der Waals surface area (Å²) in [7, 11) is 2.05.